The Hall–Kier alpha value is -1.22. The molecule has 0 fully saturated rings. The Bertz CT molecular complexity index is 308. The highest BCUT2D eigenvalue weighted by molar-refractivity contribution is 5.54. The van der Waals surface area contributed by atoms with Crippen molar-refractivity contribution in [2.75, 3.05) is 13.6 Å². The number of likely N-dealkylation sites (N-methyl/N-ethyl adjacent to an activating group) is 1. The molecule has 0 aromatic heterocycles. The van der Waals surface area contributed by atoms with Crippen LogP contribution in [0.25, 0.3) is 6.08 Å². The van der Waals surface area contributed by atoms with Crippen LogP contribution in [0.3, 0.4) is 0 Å². The number of nitrogens with one attached hydrogen (secondary N) is 1. The lowest BCUT2D eigenvalue weighted by Crippen LogP contribution is -2.03. The normalized spacial score (nSPS) is 11.4. The summed E-state index contributed by atoms with van der Waals surface area (Å²) in [6.07, 6.45) is 1.12. The third-order valence-electron chi connectivity index (χ3n) is 1.85. The van der Waals surface area contributed by atoms with E-state index in [9.17, 15) is 8.78 Å². The van der Waals surface area contributed by atoms with E-state index in [0.29, 0.717) is 12.1 Å². The van der Waals surface area contributed by atoms with Crippen molar-refractivity contribution in [1.82, 2.24) is 5.32 Å². The summed E-state index contributed by atoms with van der Waals surface area (Å²) >= 11 is 0. The average molecular weight is 197 g/mol. The van der Waals surface area contributed by atoms with Crippen LogP contribution in [0.5, 0.6) is 0 Å². The van der Waals surface area contributed by atoms with Gasteiger partial charge in [0.05, 0.1) is 0 Å². The van der Waals surface area contributed by atoms with Crippen LogP contribution in [-0.2, 0) is 0 Å². The summed E-state index contributed by atoms with van der Waals surface area (Å²) in [5, 5.41) is 2.91. The first-order valence-corrected chi connectivity index (χ1v) is 4.44. The third kappa shape index (κ3) is 2.92. The van der Waals surface area contributed by atoms with E-state index in [0.717, 1.165) is 0 Å². The van der Waals surface area contributed by atoms with E-state index in [1.165, 1.54) is 6.07 Å². The first-order valence-electron chi connectivity index (χ1n) is 4.44. The Morgan fingerprint density at radius 3 is 2.71 bits per heavy atom. The minimum absolute atomic E-state index is 0.0832. The molecule has 1 rings (SSSR count). The highest BCUT2D eigenvalue weighted by Gasteiger charge is 2.09. The topological polar surface area (TPSA) is 12.0 Å². The van der Waals surface area contributed by atoms with Gasteiger partial charge in [0.15, 0.2) is 0 Å². The number of benzene rings is 1. The van der Waals surface area contributed by atoms with Crippen LogP contribution >= 0.6 is 0 Å². The summed E-state index contributed by atoms with van der Waals surface area (Å²) in [6.45, 7) is 0.678. The van der Waals surface area contributed by atoms with Crippen molar-refractivity contribution < 1.29 is 8.78 Å². The van der Waals surface area contributed by atoms with E-state index in [1.807, 2.05) is 13.1 Å². The maximum Gasteiger partial charge on any atom is 0.264 e. The molecule has 0 spiro atoms. The van der Waals surface area contributed by atoms with Crippen molar-refractivity contribution in [2.45, 2.75) is 6.43 Å². The Kier molecular flexibility index (Phi) is 4.26. The largest absolute Gasteiger partial charge is 0.316 e. The zero-order valence-corrected chi connectivity index (χ0v) is 8.00. The molecule has 76 valence electrons. The fourth-order valence-corrected chi connectivity index (χ4v) is 1.17. The van der Waals surface area contributed by atoms with Gasteiger partial charge in [-0.3, -0.25) is 0 Å². The molecule has 0 atom stereocenters. The molecule has 0 radical (unpaired) electrons. The molecule has 0 heterocycles. The van der Waals surface area contributed by atoms with Crippen molar-refractivity contribution in [2.24, 2.45) is 0 Å². The lowest BCUT2D eigenvalue weighted by Gasteiger charge is -2.03. The molecule has 0 aliphatic rings. The van der Waals surface area contributed by atoms with Crippen LogP contribution < -0.4 is 5.32 Å². The number of halogens is 2. The van der Waals surface area contributed by atoms with E-state index in [2.05, 4.69) is 5.32 Å². The summed E-state index contributed by atoms with van der Waals surface area (Å²) in [4.78, 5) is 0. The van der Waals surface area contributed by atoms with Gasteiger partial charge in [0, 0.05) is 12.1 Å². The predicted octanol–water partition coefficient (Wildman–Crippen LogP) is 2.86. The van der Waals surface area contributed by atoms with Crippen LogP contribution in [0.15, 0.2) is 30.3 Å². The van der Waals surface area contributed by atoms with Crippen LogP contribution in [0.2, 0.25) is 0 Å². The fourth-order valence-electron chi connectivity index (χ4n) is 1.17. The summed E-state index contributed by atoms with van der Waals surface area (Å²) in [5.41, 5.74) is 0.664. The van der Waals surface area contributed by atoms with Crippen molar-refractivity contribution in [3.8, 4) is 0 Å². The molecule has 3 heteroatoms. The molecule has 1 aromatic rings. The van der Waals surface area contributed by atoms with Crippen molar-refractivity contribution in [3.05, 3.63) is 41.5 Å². The molecule has 0 saturated carbocycles. The number of hydrogen-bond donors (Lipinski definition) is 1. The zero-order chi connectivity index (χ0) is 10.4. The zero-order valence-electron chi connectivity index (χ0n) is 8.00. The molecule has 0 aliphatic carbocycles. The van der Waals surface area contributed by atoms with Gasteiger partial charge in [-0.25, -0.2) is 8.78 Å². The van der Waals surface area contributed by atoms with Gasteiger partial charge in [0.1, 0.15) is 0 Å². The Morgan fingerprint density at radius 1 is 1.36 bits per heavy atom. The highest BCUT2D eigenvalue weighted by Crippen LogP contribution is 2.23. The van der Waals surface area contributed by atoms with Gasteiger partial charge in [0.2, 0.25) is 0 Å². The fraction of sp³-hybridized carbons (Fsp3) is 0.273. The quantitative estimate of drug-likeness (QED) is 0.782. The Labute approximate surface area is 82.4 Å². The lowest BCUT2D eigenvalue weighted by atomic mass is 10.1. The highest BCUT2D eigenvalue weighted by atomic mass is 19.3. The number of rotatable bonds is 4. The Morgan fingerprint density at radius 2 is 2.07 bits per heavy atom. The van der Waals surface area contributed by atoms with Crippen molar-refractivity contribution >= 4 is 6.08 Å². The first kappa shape index (κ1) is 10.9. The number of alkyl halides is 2. The van der Waals surface area contributed by atoms with Crippen molar-refractivity contribution in [1.29, 1.82) is 0 Å². The van der Waals surface area contributed by atoms with Gasteiger partial charge in [-0.05, 0) is 12.6 Å². The summed E-state index contributed by atoms with van der Waals surface area (Å²) in [5.74, 6) is 0. The molecule has 0 amide bonds. The third-order valence-corrected chi connectivity index (χ3v) is 1.85. The van der Waals surface area contributed by atoms with Crippen LogP contribution in [0, 0.1) is 0 Å². The maximum absolute atomic E-state index is 12.5. The Balaban J connectivity index is 2.84. The minimum atomic E-state index is -2.41. The molecule has 1 aromatic carbocycles. The molecule has 0 bridgehead atoms. The van der Waals surface area contributed by atoms with Crippen LogP contribution in [-0.4, -0.2) is 13.6 Å². The molecule has 0 unspecified atom stereocenters. The van der Waals surface area contributed by atoms with E-state index in [1.54, 1.807) is 24.3 Å². The van der Waals surface area contributed by atoms with E-state index < -0.39 is 6.43 Å². The van der Waals surface area contributed by atoms with Gasteiger partial charge in [-0.1, -0.05) is 36.4 Å². The van der Waals surface area contributed by atoms with Gasteiger partial charge < -0.3 is 5.32 Å². The predicted molar refractivity (Wildman–Crippen MR) is 54.4 cm³/mol. The average Bonchev–Trinajstić information content (AvgIpc) is 2.19. The van der Waals surface area contributed by atoms with Crippen LogP contribution in [0.1, 0.15) is 17.6 Å². The van der Waals surface area contributed by atoms with Crippen LogP contribution in [0.4, 0.5) is 8.78 Å². The monoisotopic (exact) mass is 197 g/mol. The maximum atomic E-state index is 12.5. The van der Waals surface area contributed by atoms with E-state index >= 15 is 0 Å². The van der Waals surface area contributed by atoms with Gasteiger partial charge in [-0.2, -0.15) is 0 Å². The second-order valence-corrected chi connectivity index (χ2v) is 2.89. The second-order valence-electron chi connectivity index (χ2n) is 2.89. The SMILES string of the molecule is CNCC=Cc1ccccc1C(F)F. The molecule has 0 aliphatic heterocycles. The summed E-state index contributed by atoms with van der Waals surface area (Å²) in [7, 11) is 1.81. The molecular weight excluding hydrogens is 184 g/mol. The molecule has 1 N–H and O–H groups in total. The second kappa shape index (κ2) is 5.50. The van der Waals surface area contributed by atoms with Gasteiger partial charge in [0.25, 0.3) is 6.43 Å². The molecular formula is C11H13F2N. The molecule has 14 heavy (non-hydrogen) atoms. The number of hydrogen-bond acceptors (Lipinski definition) is 1. The van der Waals surface area contributed by atoms with E-state index in [-0.39, 0.29) is 5.56 Å². The van der Waals surface area contributed by atoms with Gasteiger partial charge >= 0.3 is 0 Å². The lowest BCUT2D eigenvalue weighted by molar-refractivity contribution is 0.151. The molecule has 0 saturated heterocycles. The molecule has 1 nitrogen and oxygen atoms in total. The summed E-state index contributed by atoms with van der Waals surface area (Å²) < 4.78 is 25.0. The van der Waals surface area contributed by atoms with Crippen molar-refractivity contribution in [3.63, 3.8) is 0 Å². The minimum Gasteiger partial charge on any atom is -0.316 e. The van der Waals surface area contributed by atoms with E-state index in [4.69, 9.17) is 0 Å². The first-order chi connectivity index (χ1) is 6.75. The standard InChI is InChI=1S/C11H13F2N/c1-14-8-4-6-9-5-2-3-7-10(9)11(12)13/h2-7,11,14H,8H2,1H3. The smallest absolute Gasteiger partial charge is 0.264 e. The summed E-state index contributed by atoms with van der Waals surface area (Å²) in [6, 6.07) is 6.51. The van der Waals surface area contributed by atoms with Gasteiger partial charge in [-0.15, -0.1) is 0 Å².